The molecule has 2 unspecified atom stereocenters. The third kappa shape index (κ3) is 4.20. The molecule has 152 valence electrons. The molecule has 0 spiro atoms. The normalized spacial score (nSPS) is 20.6. The molecule has 0 radical (unpaired) electrons. The van der Waals surface area contributed by atoms with E-state index < -0.39 is 10.0 Å². The highest BCUT2D eigenvalue weighted by molar-refractivity contribution is 7.89. The number of thiophene rings is 1. The molecule has 0 aliphatic carbocycles. The highest BCUT2D eigenvalue weighted by Gasteiger charge is 2.32. The van der Waals surface area contributed by atoms with Crippen LogP contribution < -0.4 is 5.32 Å². The number of hydrogen-bond acceptors (Lipinski definition) is 5. The number of ether oxygens (including phenoxy) is 1. The second kappa shape index (κ2) is 7.87. The molecule has 3 aromatic rings. The maximum absolute atomic E-state index is 12.9. The van der Waals surface area contributed by atoms with E-state index in [4.69, 9.17) is 4.74 Å². The summed E-state index contributed by atoms with van der Waals surface area (Å²) in [6.07, 6.45) is -0.307. The summed E-state index contributed by atoms with van der Waals surface area (Å²) < 4.78 is 34.1. The molecule has 1 amide bonds. The predicted molar refractivity (Wildman–Crippen MR) is 115 cm³/mol. The van der Waals surface area contributed by atoms with Crippen molar-refractivity contribution in [3.63, 3.8) is 0 Å². The smallest absolute Gasteiger partial charge is 0.255 e. The van der Waals surface area contributed by atoms with Gasteiger partial charge in [0.1, 0.15) is 0 Å². The summed E-state index contributed by atoms with van der Waals surface area (Å²) in [6, 6.07) is 13.8. The molecule has 0 saturated carbocycles. The first-order valence-corrected chi connectivity index (χ1v) is 11.7. The van der Waals surface area contributed by atoms with E-state index in [0.29, 0.717) is 24.3 Å². The summed E-state index contributed by atoms with van der Waals surface area (Å²) in [6.45, 7) is 4.36. The van der Waals surface area contributed by atoms with E-state index in [1.807, 2.05) is 43.5 Å². The van der Waals surface area contributed by atoms with Crippen LogP contribution in [0.15, 0.2) is 58.8 Å². The molecule has 0 bridgehead atoms. The van der Waals surface area contributed by atoms with E-state index >= 15 is 0 Å². The Hall–Kier alpha value is -2.26. The summed E-state index contributed by atoms with van der Waals surface area (Å²) >= 11 is 1.65. The van der Waals surface area contributed by atoms with Crippen LogP contribution in [0.4, 0.5) is 5.69 Å². The average Bonchev–Trinajstić information content (AvgIpc) is 3.15. The first kappa shape index (κ1) is 20.0. The predicted octanol–water partition coefficient (Wildman–Crippen LogP) is 3.95. The number of sulfonamides is 1. The van der Waals surface area contributed by atoms with E-state index in [1.54, 1.807) is 23.5 Å². The number of carbonyl (C=O) groups is 1. The van der Waals surface area contributed by atoms with E-state index in [-0.39, 0.29) is 23.0 Å². The molecule has 2 aromatic carbocycles. The summed E-state index contributed by atoms with van der Waals surface area (Å²) in [7, 11) is -3.62. The molecule has 1 aliphatic rings. The molecule has 2 atom stereocenters. The van der Waals surface area contributed by atoms with Gasteiger partial charge >= 0.3 is 0 Å². The van der Waals surface area contributed by atoms with Crippen LogP contribution in [0.1, 0.15) is 24.2 Å². The van der Waals surface area contributed by atoms with Gasteiger partial charge in [0.05, 0.1) is 17.1 Å². The van der Waals surface area contributed by atoms with Gasteiger partial charge in [-0.05, 0) is 73.1 Å². The Labute approximate surface area is 174 Å². The average molecular weight is 431 g/mol. The van der Waals surface area contributed by atoms with Crippen LogP contribution in [0.25, 0.3) is 10.1 Å². The number of anilines is 1. The Morgan fingerprint density at radius 1 is 1.07 bits per heavy atom. The molecule has 1 N–H and O–H groups in total. The zero-order valence-electron chi connectivity index (χ0n) is 16.2. The second-order valence-electron chi connectivity index (χ2n) is 7.23. The fraction of sp³-hybridized carbons (Fsp3) is 0.286. The van der Waals surface area contributed by atoms with Crippen LogP contribution in [-0.2, 0) is 14.8 Å². The number of benzene rings is 2. The van der Waals surface area contributed by atoms with Gasteiger partial charge in [-0.25, -0.2) is 8.42 Å². The van der Waals surface area contributed by atoms with Crippen LogP contribution in [0.2, 0.25) is 0 Å². The SMILES string of the molecule is CC1CN(S(=O)(=O)c2ccc(C(=O)Nc3ccc4sccc4c3)cc2)CC(C)O1. The number of morpholine rings is 1. The minimum Gasteiger partial charge on any atom is -0.373 e. The molecule has 29 heavy (non-hydrogen) atoms. The van der Waals surface area contributed by atoms with Crippen LogP contribution in [0.5, 0.6) is 0 Å². The van der Waals surface area contributed by atoms with Crippen molar-refractivity contribution in [2.45, 2.75) is 31.0 Å². The number of carbonyl (C=O) groups excluding carboxylic acids is 1. The van der Waals surface area contributed by atoms with Gasteiger partial charge in [-0.1, -0.05) is 0 Å². The van der Waals surface area contributed by atoms with E-state index in [9.17, 15) is 13.2 Å². The lowest BCUT2D eigenvalue weighted by atomic mass is 10.2. The molecule has 1 saturated heterocycles. The molecule has 1 fully saturated rings. The van der Waals surface area contributed by atoms with Gasteiger partial charge in [0.15, 0.2) is 0 Å². The highest BCUT2D eigenvalue weighted by Crippen LogP contribution is 2.25. The summed E-state index contributed by atoms with van der Waals surface area (Å²) in [5.74, 6) is -0.280. The van der Waals surface area contributed by atoms with Gasteiger partial charge in [0.2, 0.25) is 10.0 Å². The Kier molecular flexibility index (Phi) is 5.44. The molecule has 1 aliphatic heterocycles. The number of nitrogens with zero attached hydrogens (tertiary/aromatic N) is 1. The number of amides is 1. The van der Waals surface area contributed by atoms with Crippen molar-refractivity contribution in [3.05, 3.63) is 59.5 Å². The molecule has 2 heterocycles. The molecule has 6 nitrogen and oxygen atoms in total. The minimum atomic E-state index is -3.62. The van der Waals surface area contributed by atoms with Crippen molar-refractivity contribution in [2.75, 3.05) is 18.4 Å². The summed E-state index contributed by atoms with van der Waals surface area (Å²) in [4.78, 5) is 12.7. The molecular weight excluding hydrogens is 408 g/mol. The van der Waals surface area contributed by atoms with Gasteiger partial charge in [-0.15, -0.1) is 11.3 Å². The standard InChI is InChI=1S/C21H22N2O4S2/c1-14-12-23(13-15(2)27-14)29(25,26)19-6-3-16(4-7-19)21(24)22-18-5-8-20-17(11-18)9-10-28-20/h3-11,14-15H,12-13H2,1-2H3,(H,22,24). The van der Waals surface area contributed by atoms with Crippen molar-refractivity contribution in [2.24, 2.45) is 0 Å². The number of fused-ring (bicyclic) bond motifs is 1. The summed E-state index contributed by atoms with van der Waals surface area (Å²) in [5.41, 5.74) is 1.10. The third-order valence-electron chi connectivity index (χ3n) is 4.85. The first-order chi connectivity index (χ1) is 13.8. The minimum absolute atomic E-state index is 0.154. The molecule has 1 aromatic heterocycles. The lowest BCUT2D eigenvalue weighted by Gasteiger charge is -2.34. The highest BCUT2D eigenvalue weighted by atomic mass is 32.2. The maximum Gasteiger partial charge on any atom is 0.255 e. The Morgan fingerprint density at radius 2 is 1.76 bits per heavy atom. The van der Waals surface area contributed by atoms with E-state index in [2.05, 4.69) is 5.32 Å². The number of hydrogen-bond donors (Lipinski definition) is 1. The quantitative estimate of drug-likeness (QED) is 0.680. The lowest BCUT2D eigenvalue weighted by molar-refractivity contribution is -0.0440. The number of nitrogens with one attached hydrogen (secondary N) is 1. The van der Waals surface area contributed by atoms with Gasteiger partial charge in [0.25, 0.3) is 5.91 Å². The lowest BCUT2D eigenvalue weighted by Crippen LogP contribution is -2.48. The maximum atomic E-state index is 12.9. The van der Waals surface area contributed by atoms with Crippen LogP contribution in [0.3, 0.4) is 0 Å². The Bertz CT molecular complexity index is 1130. The Balaban J connectivity index is 1.50. The van der Waals surface area contributed by atoms with Gasteiger partial charge < -0.3 is 10.1 Å². The zero-order chi connectivity index (χ0) is 20.6. The largest absolute Gasteiger partial charge is 0.373 e. The van der Waals surface area contributed by atoms with Crippen LogP contribution in [0, 0.1) is 0 Å². The molecule has 8 heteroatoms. The van der Waals surface area contributed by atoms with E-state index in [1.165, 1.54) is 16.4 Å². The zero-order valence-corrected chi connectivity index (χ0v) is 17.8. The van der Waals surface area contributed by atoms with Crippen molar-refractivity contribution in [1.29, 1.82) is 0 Å². The fourth-order valence-corrected chi connectivity index (χ4v) is 5.86. The van der Waals surface area contributed by atoms with Crippen LogP contribution >= 0.6 is 11.3 Å². The van der Waals surface area contributed by atoms with Crippen molar-refractivity contribution in [1.82, 2.24) is 4.31 Å². The third-order valence-corrected chi connectivity index (χ3v) is 7.59. The second-order valence-corrected chi connectivity index (χ2v) is 10.1. The van der Waals surface area contributed by atoms with Crippen molar-refractivity contribution in [3.8, 4) is 0 Å². The fourth-order valence-electron chi connectivity index (χ4n) is 3.50. The van der Waals surface area contributed by atoms with E-state index in [0.717, 1.165) is 10.1 Å². The monoisotopic (exact) mass is 430 g/mol. The first-order valence-electron chi connectivity index (χ1n) is 9.37. The molecule has 4 rings (SSSR count). The van der Waals surface area contributed by atoms with Crippen LogP contribution in [-0.4, -0.2) is 43.9 Å². The van der Waals surface area contributed by atoms with Gasteiger partial charge in [-0.2, -0.15) is 4.31 Å². The van der Waals surface area contributed by atoms with Crippen molar-refractivity contribution < 1.29 is 17.9 Å². The Morgan fingerprint density at radius 3 is 2.45 bits per heavy atom. The van der Waals surface area contributed by atoms with Gasteiger partial charge in [0, 0.05) is 29.0 Å². The van der Waals surface area contributed by atoms with Crippen molar-refractivity contribution >= 4 is 43.0 Å². The number of rotatable bonds is 4. The molecular formula is C21H22N2O4S2. The van der Waals surface area contributed by atoms with Gasteiger partial charge in [-0.3, -0.25) is 4.79 Å². The summed E-state index contributed by atoms with van der Waals surface area (Å²) in [5, 5.41) is 5.94. The topological polar surface area (TPSA) is 75.7 Å².